The van der Waals surface area contributed by atoms with Crippen LogP contribution in [0.2, 0.25) is 0 Å². The summed E-state index contributed by atoms with van der Waals surface area (Å²) < 4.78 is 73.3. The zero-order valence-corrected chi connectivity index (χ0v) is 41.2. The van der Waals surface area contributed by atoms with Gasteiger partial charge in [-0.15, -0.1) is 0 Å². The van der Waals surface area contributed by atoms with Crippen LogP contribution in [0, 0.1) is 0 Å². The molecular weight excluding hydrogens is 845 g/mol. The topological polar surface area (TPSA) is 153 Å². The first-order valence-electron chi connectivity index (χ1n) is 22.4. The van der Waals surface area contributed by atoms with Crippen LogP contribution in [0.15, 0.2) is 117 Å². The number of hydrogen-bond acceptors (Lipinski definition) is 7. The fraction of sp³-hybridized carbons (Fsp3) is 0.460. The number of nitrogens with zero attached hydrogens (tertiary/aromatic N) is 4. The van der Waals surface area contributed by atoms with Crippen LogP contribution in [0.3, 0.4) is 0 Å². The van der Waals surface area contributed by atoms with E-state index >= 15 is 0 Å². The maximum atomic E-state index is 12.3. The van der Waals surface area contributed by atoms with E-state index in [4.69, 9.17) is 5.73 Å². The van der Waals surface area contributed by atoms with Crippen molar-refractivity contribution >= 4 is 43.0 Å². The van der Waals surface area contributed by atoms with Gasteiger partial charge < -0.3 is 24.9 Å². The fourth-order valence-electron chi connectivity index (χ4n) is 9.36. The molecular formula is C50H71N6O6S2+3. The lowest BCUT2D eigenvalue weighted by Crippen LogP contribution is -2.37. The van der Waals surface area contributed by atoms with Gasteiger partial charge in [0.15, 0.2) is 12.3 Å². The van der Waals surface area contributed by atoms with Crippen molar-refractivity contribution in [3.8, 4) is 0 Å². The summed E-state index contributed by atoms with van der Waals surface area (Å²) in [6.07, 6.45) is 14.0. The molecule has 0 amide bonds. The quantitative estimate of drug-likeness (QED) is 0.0601. The van der Waals surface area contributed by atoms with Crippen molar-refractivity contribution in [3.05, 3.63) is 124 Å². The van der Waals surface area contributed by atoms with Gasteiger partial charge in [0.25, 0.3) is 20.2 Å². The molecule has 2 aliphatic heterocycles. The Morgan fingerprint density at radius 3 is 1.98 bits per heavy atom. The lowest BCUT2D eigenvalue weighted by Gasteiger charge is -2.29. The molecule has 12 nitrogen and oxygen atoms in total. The molecule has 6 rings (SSSR count). The van der Waals surface area contributed by atoms with Crippen LogP contribution in [-0.2, 0) is 37.5 Å². The second-order valence-electron chi connectivity index (χ2n) is 20.7. The average molecular weight is 916 g/mol. The summed E-state index contributed by atoms with van der Waals surface area (Å²) in [7, 11) is 4.27. The van der Waals surface area contributed by atoms with Gasteiger partial charge in [-0.05, 0) is 117 Å². The maximum absolute atomic E-state index is 12.3. The third-order valence-corrected chi connectivity index (χ3v) is 14.5. The highest BCUT2D eigenvalue weighted by Gasteiger charge is 2.45. The molecule has 0 bridgehead atoms. The molecule has 0 unspecified atom stereocenters. The van der Waals surface area contributed by atoms with E-state index in [0.717, 1.165) is 130 Å². The van der Waals surface area contributed by atoms with E-state index in [1.165, 1.54) is 17.7 Å². The van der Waals surface area contributed by atoms with Gasteiger partial charge in [0.2, 0.25) is 5.69 Å². The van der Waals surface area contributed by atoms with Crippen molar-refractivity contribution in [2.45, 2.75) is 86.8 Å². The Balaban J connectivity index is 1.48. The van der Waals surface area contributed by atoms with E-state index in [1.807, 2.05) is 12.1 Å². The third-order valence-electron chi connectivity index (χ3n) is 12.8. The molecule has 3 aromatic carbocycles. The Labute approximate surface area is 382 Å². The molecule has 0 atom stereocenters. The van der Waals surface area contributed by atoms with Gasteiger partial charge in [0.05, 0.1) is 77.0 Å². The van der Waals surface area contributed by atoms with Crippen LogP contribution in [0.25, 0.3) is 0 Å². The molecule has 3 aliphatic rings. The molecule has 0 saturated carbocycles. The SMILES string of the molecule is CC1(C)C(=CC=C2CCCC(C=CC3=[N+](CCC[N+](C)(C)C)c4ccc(S(=O)(=O)O)cc4C3(C)C)=C2Nc2ccc(CCN)cc2)N(CCC[N+](C)(C)C)c2ccc(S(=O)(=O)O)cc21. The summed E-state index contributed by atoms with van der Waals surface area (Å²) >= 11 is 0. The number of rotatable bonds is 17. The van der Waals surface area contributed by atoms with E-state index in [9.17, 15) is 25.9 Å². The number of hydrogen-bond donors (Lipinski definition) is 4. The molecule has 0 saturated heterocycles. The molecule has 346 valence electrons. The van der Waals surface area contributed by atoms with Gasteiger partial charge in [-0.3, -0.25) is 9.11 Å². The van der Waals surface area contributed by atoms with Crippen molar-refractivity contribution in [3.63, 3.8) is 0 Å². The summed E-state index contributed by atoms with van der Waals surface area (Å²) in [6, 6.07) is 18.3. The van der Waals surface area contributed by atoms with Crippen molar-refractivity contribution in [1.82, 2.24) is 0 Å². The second-order valence-corrected chi connectivity index (χ2v) is 23.5. The number of quaternary nitrogens is 2. The maximum Gasteiger partial charge on any atom is 0.294 e. The average Bonchev–Trinajstić information content (AvgIpc) is 3.53. The van der Waals surface area contributed by atoms with Gasteiger partial charge in [-0.25, -0.2) is 0 Å². The van der Waals surface area contributed by atoms with Crippen LogP contribution >= 0.6 is 0 Å². The van der Waals surface area contributed by atoms with Crippen LogP contribution in [0.5, 0.6) is 0 Å². The van der Waals surface area contributed by atoms with Gasteiger partial charge in [-0.1, -0.05) is 38.1 Å². The van der Waals surface area contributed by atoms with Crippen LogP contribution in [0.4, 0.5) is 17.1 Å². The summed E-state index contributed by atoms with van der Waals surface area (Å²) in [5, 5.41) is 3.82. The standard InChI is InChI=1S/C50H68N6O6S2/c1-49(2)42-34-40(63(57,58)59)22-24-44(42)53(30-12-32-55(5,6)7)46(49)26-18-37-14-11-15-38(48(37)52-39-20-16-36(17-21-39)28-29-51)19-27-47-50(3,4)43-35-41(64(60,61)62)23-25-45(43)54(47)31-13-33-56(8,9)10/h16-27,34-35H,11-15,28-33,51H2,1-10H3/p+3. The molecule has 1 aliphatic carbocycles. The number of nitrogens with one attached hydrogen (secondary N) is 1. The number of benzene rings is 3. The van der Waals surface area contributed by atoms with E-state index in [1.54, 1.807) is 12.1 Å². The Kier molecular flexibility index (Phi) is 14.1. The van der Waals surface area contributed by atoms with E-state index < -0.39 is 31.1 Å². The van der Waals surface area contributed by atoms with Gasteiger partial charge in [-0.2, -0.15) is 21.4 Å². The first-order valence-corrected chi connectivity index (χ1v) is 25.3. The molecule has 0 aromatic heterocycles. The zero-order chi connectivity index (χ0) is 47.0. The predicted molar refractivity (Wildman–Crippen MR) is 260 cm³/mol. The summed E-state index contributed by atoms with van der Waals surface area (Å²) in [5.41, 5.74) is 15.8. The third kappa shape index (κ3) is 11.2. The molecule has 0 radical (unpaired) electrons. The minimum Gasteiger partial charge on any atom is -0.355 e. The molecule has 3 aromatic rings. The molecule has 0 spiro atoms. The molecule has 2 heterocycles. The zero-order valence-electron chi connectivity index (χ0n) is 39.6. The molecule has 14 heteroatoms. The smallest absolute Gasteiger partial charge is 0.294 e. The van der Waals surface area contributed by atoms with E-state index in [2.05, 4.69) is 133 Å². The Morgan fingerprint density at radius 1 is 0.766 bits per heavy atom. The van der Waals surface area contributed by atoms with Crippen LogP contribution in [-0.4, -0.2) is 120 Å². The highest BCUT2D eigenvalue weighted by molar-refractivity contribution is 7.86. The van der Waals surface area contributed by atoms with Crippen LogP contribution < -0.4 is 16.0 Å². The molecule has 64 heavy (non-hydrogen) atoms. The number of allylic oxidation sites excluding steroid dienone is 7. The Morgan fingerprint density at radius 2 is 1.38 bits per heavy atom. The molecule has 0 fully saturated rings. The first kappa shape index (κ1) is 49.0. The Hall–Kier alpha value is -4.41. The van der Waals surface area contributed by atoms with E-state index in [-0.39, 0.29) is 9.79 Å². The van der Waals surface area contributed by atoms with Crippen LogP contribution in [0.1, 0.15) is 76.5 Å². The largest absolute Gasteiger partial charge is 0.355 e. The van der Waals surface area contributed by atoms with E-state index in [0.29, 0.717) is 6.54 Å². The van der Waals surface area contributed by atoms with Crippen molar-refractivity contribution in [2.24, 2.45) is 5.73 Å². The minimum absolute atomic E-state index is 0.113. The van der Waals surface area contributed by atoms with Crippen molar-refractivity contribution in [2.75, 3.05) is 85.2 Å². The van der Waals surface area contributed by atoms with Crippen molar-refractivity contribution in [1.29, 1.82) is 0 Å². The highest BCUT2D eigenvalue weighted by Crippen LogP contribution is 2.49. The summed E-state index contributed by atoms with van der Waals surface area (Å²) in [5.74, 6) is 0. The number of anilines is 2. The number of nitrogens with two attached hydrogens (primary N) is 1. The van der Waals surface area contributed by atoms with Gasteiger partial charge >= 0.3 is 0 Å². The normalized spacial score (nSPS) is 19.0. The summed E-state index contributed by atoms with van der Waals surface area (Å²) in [4.78, 5) is 2.08. The summed E-state index contributed by atoms with van der Waals surface area (Å²) in [6.45, 7) is 12.4. The first-order chi connectivity index (χ1) is 29.7. The van der Waals surface area contributed by atoms with Crippen molar-refractivity contribution < 1.29 is 39.5 Å². The lowest BCUT2D eigenvalue weighted by molar-refractivity contribution is -0.871. The lowest BCUT2D eigenvalue weighted by atomic mass is 9.81. The predicted octanol–water partition coefficient (Wildman–Crippen LogP) is 7.96. The second kappa shape index (κ2) is 18.5. The Bertz CT molecular complexity index is 2640. The molecule has 5 N–H and O–H groups in total. The minimum atomic E-state index is -4.40. The van der Waals surface area contributed by atoms with Gasteiger partial charge in [0, 0.05) is 58.9 Å². The monoisotopic (exact) mass is 915 g/mol. The number of fused-ring (bicyclic) bond motifs is 2. The highest BCUT2D eigenvalue weighted by atomic mass is 32.2. The van der Waals surface area contributed by atoms with Gasteiger partial charge in [0.1, 0.15) is 0 Å². The fourth-order valence-corrected chi connectivity index (χ4v) is 10.4.